The molecule has 0 aromatic rings. The second-order valence-corrected chi connectivity index (χ2v) is 3.45. The summed E-state index contributed by atoms with van der Waals surface area (Å²) in [5.41, 5.74) is -0.161. The maximum atomic E-state index is 11.7. The van der Waals surface area contributed by atoms with Crippen molar-refractivity contribution in [3.05, 3.63) is 0 Å². The SMILES string of the molecule is CCC1(COCC(F)(F)F)COC1. The van der Waals surface area contributed by atoms with Gasteiger partial charge in [0.05, 0.1) is 19.8 Å². The van der Waals surface area contributed by atoms with E-state index < -0.39 is 12.8 Å². The van der Waals surface area contributed by atoms with Gasteiger partial charge in [0, 0.05) is 5.41 Å². The highest BCUT2D eigenvalue weighted by atomic mass is 19.4. The number of halogens is 3. The zero-order valence-corrected chi connectivity index (χ0v) is 7.49. The highest BCUT2D eigenvalue weighted by molar-refractivity contribution is 4.83. The van der Waals surface area contributed by atoms with Crippen LogP contribution in [0.1, 0.15) is 13.3 Å². The number of alkyl halides is 3. The molecule has 0 saturated carbocycles. The fraction of sp³-hybridized carbons (Fsp3) is 1.00. The van der Waals surface area contributed by atoms with Crippen LogP contribution in [0.4, 0.5) is 13.2 Å². The van der Waals surface area contributed by atoms with Crippen LogP contribution in [0, 0.1) is 5.41 Å². The molecule has 13 heavy (non-hydrogen) atoms. The lowest BCUT2D eigenvalue weighted by molar-refractivity contribution is -0.204. The fourth-order valence-electron chi connectivity index (χ4n) is 1.16. The van der Waals surface area contributed by atoms with Crippen LogP contribution in [0.5, 0.6) is 0 Å². The maximum absolute atomic E-state index is 11.7. The van der Waals surface area contributed by atoms with E-state index in [1.54, 1.807) is 0 Å². The summed E-state index contributed by atoms with van der Waals surface area (Å²) in [7, 11) is 0. The minimum absolute atomic E-state index is 0.142. The van der Waals surface area contributed by atoms with E-state index in [1.165, 1.54) is 0 Å². The molecular formula is C8H13F3O2. The van der Waals surface area contributed by atoms with Gasteiger partial charge in [-0.3, -0.25) is 0 Å². The quantitative estimate of drug-likeness (QED) is 0.687. The third-order valence-corrected chi connectivity index (χ3v) is 2.24. The molecule has 1 saturated heterocycles. The Balaban J connectivity index is 2.18. The summed E-state index contributed by atoms with van der Waals surface area (Å²) in [6.45, 7) is 1.94. The first kappa shape index (κ1) is 10.8. The van der Waals surface area contributed by atoms with Crippen molar-refractivity contribution < 1.29 is 22.6 Å². The van der Waals surface area contributed by atoms with Crippen LogP contribution in [0.25, 0.3) is 0 Å². The molecule has 0 N–H and O–H groups in total. The Kier molecular flexibility index (Phi) is 3.18. The van der Waals surface area contributed by atoms with Crippen LogP contribution < -0.4 is 0 Å². The van der Waals surface area contributed by atoms with Gasteiger partial charge < -0.3 is 9.47 Å². The van der Waals surface area contributed by atoms with Crippen molar-refractivity contribution in [2.24, 2.45) is 5.41 Å². The Morgan fingerprint density at radius 3 is 2.31 bits per heavy atom. The van der Waals surface area contributed by atoms with Crippen LogP contribution in [0.3, 0.4) is 0 Å². The van der Waals surface area contributed by atoms with E-state index in [4.69, 9.17) is 4.74 Å². The first-order chi connectivity index (χ1) is 5.97. The summed E-state index contributed by atoms with van der Waals surface area (Å²) in [6, 6.07) is 0. The van der Waals surface area contributed by atoms with Gasteiger partial charge in [0.1, 0.15) is 6.61 Å². The van der Waals surface area contributed by atoms with Crippen LogP contribution in [0.15, 0.2) is 0 Å². The van der Waals surface area contributed by atoms with Crippen molar-refractivity contribution in [3.63, 3.8) is 0 Å². The molecule has 0 aromatic carbocycles. The first-order valence-electron chi connectivity index (χ1n) is 4.20. The standard InChI is InChI=1S/C8H13F3O2/c1-2-7(3-12-4-7)5-13-6-8(9,10)11/h2-6H2,1H3. The molecule has 0 unspecified atom stereocenters. The van der Waals surface area contributed by atoms with Crippen molar-refractivity contribution in [1.29, 1.82) is 0 Å². The average Bonchev–Trinajstić information content (AvgIpc) is 1.92. The van der Waals surface area contributed by atoms with E-state index in [-0.39, 0.29) is 12.0 Å². The minimum atomic E-state index is -4.22. The van der Waals surface area contributed by atoms with Crippen molar-refractivity contribution in [1.82, 2.24) is 0 Å². The topological polar surface area (TPSA) is 18.5 Å². The third-order valence-electron chi connectivity index (χ3n) is 2.24. The number of hydrogen-bond donors (Lipinski definition) is 0. The molecule has 0 radical (unpaired) electrons. The van der Waals surface area contributed by atoms with E-state index in [2.05, 4.69) is 4.74 Å². The molecule has 0 aromatic heterocycles. The average molecular weight is 198 g/mol. The molecule has 0 spiro atoms. The molecule has 2 nitrogen and oxygen atoms in total. The van der Waals surface area contributed by atoms with Crippen LogP contribution in [-0.2, 0) is 9.47 Å². The Labute approximate surface area is 75.0 Å². The van der Waals surface area contributed by atoms with Gasteiger partial charge in [0.15, 0.2) is 0 Å². The van der Waals surface area contributed by atoms with Gasteiger partial charge >= 0.3 is 6.18 Å². The fourth-order valence-corrected chi connectivity index (χ4v) is 1.16. The molecule has 78 valence electrons. The summed E-state index contributed by atoms with van der Waals surface area (Å²) in [5, 5.41) is 0. The third kappa shape index (κ3) is 3.15. The lowest BCUT2D eigenvalue weighted by Crippen LogP contribution is -2.46. The molecule has 1 fully saturated rings. The van der Waals surface area contributed by atoms with Gasteiger partial charge in [-0.15, -0.1) is 0 Å². The van der Waals surface area contributed by atoms with E-state index in [0.717, 1.165) is 6.42 Å². The second-order valence-electron chi connectivity index (χ2n) is 3.45. The monoisotopic (exact) mass is 198 g/mol. The lowest BCUT2D eigenvalue weighted by atomic mass is 9.84. The smallest absolute Gasteiger partial charge is 0.380 e. The normalized spacial score (nSPS) is 21.2. The summed E-state index contributed by atoms with van der Waals surface area (Å²) in [5.74, 6) is 0. The minimum Gasteiger partial charge on any atom is -0.380 e. The highest BCUT2D eigenvalue weighted by Crippen LogP contribution is 2.31. The molecular weight excluding hydrogens is 185 g/mol. The number of rotatable bonds is 4. The summed E-state index contributed by atoms with van der Waals surface area (Å²) in [6.07, 6.45) is -3.43. The Bertz CT molecular complexity index is 158. The summed E-state index contributed by atoms with van der Waals surface area (Å²) < 4.78 is 44.6. The predicted octanol–water partition coefficient (Wildman–Crippen LogP) is 1.99. The molecule has 1 aliphatic heterocycles. The molecule has 0 aliphatic carbocycles. The van der Waals surface area contributed by atoms with Gasteiger partial charge in [0.2, 0.25) is 0 Å². The molecule has 5 heteroatoms. The lowest BCUT2D eigenvalue weighted by Gasteiger charge is -2.40. The van der Waals surface area contributed by atoms with Crippen LogP contribution in [0.2, 0.25) is 0 Å². The zero-order chi connectivity index (χ0) is 9.95. The van der Waals surface area contributed by atoms with Crippen molar-refractivity contribution in [2.45, 2.75) is 19.5 Å². The summed E-state index contributed by atoms with van der Waals surface area (Å²) in [4.78, 5) is 0. The zero-order valence-electron chi connectivity index (χ0n) is 7.49. The Morgan fingerprint density at radius 1 is 1.38 bits per heavy atom. The predicted molar refractivity (Wildman–Crippen MR) is 40.4 cm³/mol. The molecule has 0 amide bonds. The highest BCUT2D eigenvalue weighted by Gasteiger charge is 2.38. The first-order valence-corrected chi connectivity index (χ1v) is 4.20. The van der Waals surface area contributed by atoms with Crippen molar-refractivity contribution >= 4 is 0 Å². The maximum Gasteiger partial charge on any atom is 0.411 e. The van der Waals surface area contributed by atoms with Gasteiger partial charge in [-0.2, -0.15) is 13.2 Å². The van der Waals surface area contributed by atoms with Crippen LogP contribution in [-0.4, -0.2) is 32.6 Å². The number of hydrogen-bond acceptors (Lipinski definition) is 2. The van der Waals surface area contributed by atoms with Crippen molar-refractivity contribution in [3.8, 4) is 0 Å². The van der Waals surface area contributed by atoms with Crippen LogP contribution >= 0.6 is 0 Å². The second kappa shape index (κ2) is 3.84. The van der Waals surface area contributed by atoms with E-state index in [9.17, 15) is 13.2 Å². The summed E-state index contributed by atoms with van der Waals surface area (Å²) >= 11 is 0. The van der Waals surface area contributed by atoms with Gasteiger partial charge in [0.25, 0.3) is 0 Å². The molecule has 0 bridgehead atoms. The van der Waals surface area contributed by atoms with E-state index in [1.807, 2.05) is 6.92 Å². The van der Waals surface area contributed by atoms with Gasteiger partial charge in [-0.05, 0) is 6.42 Å². The van der Waals surface area contributed by atoms with E-state index in [0.29, 0.717) is 13.2 Å². The number of ether oxygens (including phenoxy) is 2. The Morgan fingerprint density at radius 2 is 2.00 bits per heavy atom. The van der Waals surface area contributed by atoms with Gasteiger partial charge in [-0.25, -0.2) is 0 Å². The van der Waals surface area contributed by atoms with Gasteiger partial charge in [-0.1, -0.05) is 6.92 Å². The van der Waals surface area contributed by atoms with Crippen molar-refractivity contribution in [2.75, 3.05) is 26.4 Å². The molecule has 1 heterocycles. The Hall–Kier alpha value is -0.290. The molecule has 1 aliphatic rings. The molecule has 1 rings (SSSR count). The largest absolute Gasteiger partial charge is 0.411 e. The molecule has 0 atom stereocenters. The van der Waals surface area contributed by atoms with E-state index >= 15 is 0 Å².